The Balaban J connectivity index is 1.29. The highest BCUT2D eigenvalue weighted by Gasteiger charge is 2.32. The van der Waals surface area contributed by atoms with Crippen LogP contribution < -0.4 is 0 Å². The van der Waals surface area contributed by atoms with Crippen LogP contribution in [0.25, 0.3) is 10.9 Å². The zero-order chi connectivity index (χ0) is 23.5. The molecule has 4 nitrogen and oxygen atoms in total. The topological polar surface area (TPSA) is 39.3 Å². The Morgan fingerprint density at radius 3 is 2.62 bits per heavy atom. The van der Waals surface area contributed by atoms with Crippen LogP contribution in [0.4, 0.5) is 4.39 Å². The summed E-state index contributed by atoms with van der Waals surface area (Å²) in [5.74, 6) is 0.157. The van der Waals surface area contributed by atoms with Crippen LogP contribution in [0.3, 0.4) is 0 Å². The molecule has 0 spiro atoms. The molecular formula is C28H30FN3OS. The molecule has 1 aliphatic rings. The number of aromatic amines is 1. The third-order valence-electron chi connectivity index (χ3n) is 7.09. The Morgan fingerprint density at radius 1 is 1.12 bits per heavy atom. The Hall–Kier alpha value is -2.96. The van der Waals surface area contributed by atoms with Crippen molar-refractivity contribution in [2.75, 3.05) is 20.1 Å². The first kappa shape index (κ1) is 22.8. The van der Waals surface area contributed by atoms with E-state index in [1.165, 1.54) is 34.0 Å². The highest BCUT2D eigenvalue weighted by atomic mass is 32.1. The van der Waals surface area contributed by atoms with Crippen LogP contribution >= 0.6 is 11.3 Å². The van der Waals surface area contributed by atoms with E-state index in [4.69, 9.17) is 0 Å². The van der Waals surface area contributed by atoms with Crippen molar-refractivity contribution >= 4 is 28.1 Å². The van der Waals surface area contributed by atoms with Gasteiger partial charge in [-0.1, -0.05) is 42.5 Å². The van der Waals surface area contributed by atoms with Crippen LogP contribution in [0, 0.1) is 11.7 Å². The maximum Gasteiger partial charge on any atom is 0.263 e. The zero-order valence-corrected chi connectivity index (χ0v) is 20.2. The van der Waals surface area contributed by atoms with Gasteiger partial charge in [0, 0.05) is 30.8 Å². The molecule has 1 N–H and O–H groups in total. The Morgan fingerprint density at radius 2 is 1.88 bits per heavy atom. The number of fused-ring (bicyclic) bond motifs is 1. The van der Waals surface area contributed by atoms with Crippen LogP contribution in [0.2, 0.25) is 0 Å². The highest BCUT2D eigenvalue weighted by Crippen LogP contribution is 2.29. The number of thiophene rings is 1. The van der Waals surface area contributed by atoms with Gasteiger partial charge >= 0.3 is 0 Å². The number of piperidine rings is 1. The minimum atomic E-state index is -0.194. The second-order valence-corrected chi connectivity index (χ2v) is 10.2. The lowest BCUT2D eigenvalue weighted by atomic mass is 9.84. The number of nitrogens with one attached hydrogen (secondary N) is 1. The third-order valence-corrected chi connectivity index (χ3v) is 7.95. The second kappa shape index (κ2) is 10.1. The molecule has 1 amide bonds. The van der Waals surface area contributed by atoms with Crippen LogP contribution in [0.5, 0.6) is 0 Å². The van der Waals surface area contributed by atoms with E-state index in [2.05, 4.69) is 40.2 Å². The first-order valence-electron chi connectivity index (χ1n) is 11.9. The number of nitrogens with zero attached hydrogens (tertiary/aromatic N) is 2. The van der Waals surface area contributed by atoms with Gasteiger partial charge in [-0.3, -0.25) is 9.69 Å². The molecule has 34 heavy (non-hydrogen) atoms. The van der Waals surface area contributed by atoms with Gasteiger partial charge in [0.2, 0.25) is 0 Å². The molecular weight excluding hydrogens is 445 g/mol. The number of hydrogen-bond acceptors (Lipinski definition) is 3. The summed E-state index contributed by atoms with van der Waals surface area (Å²) < 4.78 is 14.5. The molecule has 2 aromatic heterocycles. The number of H-pyrrole nitrogens is 1. The minimum absolute atomic E-state index is 0.0249. The molecule has 1 saturated heterocycles. The number of benzene rings is 2. The normalized spacial score (nSPS) is 16.1. The number of carbonyl (C=O) groups excluding carboxylic acids is 1. The van der Waals surface area contributed by atoms with Gasteiger partial charge in [0.05, 0.1) is 4.88 Å². The lowest BCUT2D eigenvalue weighted by molar-refractivity contribution is 0.0587. The van der Waals surface area contributed by atoms with Gasteiger partial charge in [-0.25, -0.2) is 4.39 Å². The smallest absolute Gasteiger partial charge is 0.263 e. The number of likely N-dealkylation sites (N-methyl/N-ethyl adjacent to an activating group) is 1. The van der Waals surface area contributed by atoms with Crippen molar-refractivity contribution in [3.8, 4) is 0 Å². The van der Waals surface area contributed by atoms with Crippen molar-refractivity contribution in [3.05, 3.63) is 94.1 Å². The molecule has 0 radical (unpaired) electrons. The largest absolute Gasteiger partial charge is 0.357 e. The molecule has 1 fully saturated rings. The number of likely N-dealkylation sites (tertiary alicyclic amines) is 1. The van der Waals surface area contributed by atoms with Gasteiger partial charge in [-0.2, -0.15) is 0 Å². The maximum atomic E-state index is 14.5. The fourth-order valence-electron chi connectivity index (χ4n) is 5.19. The first-order valence-corrected chi connectivity index (χ1v) is 12.8. The summed E-state index contributed by atoms with van der Waals surface area (Å²) in [5, 5.41) is 3.17. The molecule has 176 valence electrons. The van der Waals surface area contributed by atoms with Gasteiger partial charge in [0.1, 0.15) is 5.82 Å². The molecule has 0 saturated carbocycles. The molecule has 4 aromatic rings. The Labute approximate surface area is 204 Å². The van der Waals surface area contributed by atoms with Crippen LogP contribution in [-0.2, 0) is 13.0 Å². The number of hydrogen-bond donors (Lipinski definition) is 1. The van der Waals surface area contributed by atoms with Crippen molar-refractivity contribution in [1.82, 2.24) is 14.8 Å². The minimum Gasteiger partial charge on any atom is -0.357 e. The average Bonchev–Trinajstić information content (AvgIpc) is 3.53. The van der Waals surface area contributed by atoms with Crippen molar-refractivity contribution in [1.29, 1.82) is 0 Å². The van der Waals surface area contributed by atoms with Gasteiger partial charge in [0.25, 0.3) is 5.91 Å². The van der Waals surface area contributed by atoms with E-state index >= 15 is 0 Å². The number of aromatic nitrogens is 1. The Bertz CT molecular complexity index is 1210. The van der Waals surface area contributed by atoms with Gasteiger partial charge < -0.3 is 9.88 Å². The first-order chi connectivity index (χ1) is 16.6. The van der Waals surface area contributed by atoms with Crippen molar-refractivity contribution in [2.24, 2.45) is 5.92 Å². The zero-order valence-electron chi connectivity index (χ0n) is 19.4. The van der Waals surface area contributed by atoms with Crippen molar-refractivity contribution in [3.63, 3.8) is 0 Å². The van der Waals surface area contributed by atoms with E-state index < -0.39 is 0 Å². The number of para-hydroxylation sites is 1. The van der Waals surface area contributed by atoms with E-state index in [1.807, 2.05) is 41.6 Å². The summed E-state index contributed by atoms with van der Waals surface area (Å²) in [6.45, 7) is 2.83. The monoisotopic (exact) mass is 475 g/mol. The van der Waals surface area contributed by atoms with E-state index in [-0.39, 0.29) is 17.8 Å². The number of amides is 1. The second-order valence-electron chi connectivity index (χ2n) is 9.25. The standard InChI is InChI=1S/C28H30FN3OS/c1-31(28(33)27-11-6-16-34-27)26(18-21-7-2-4-9-24(21)29)20-12-14-32(15-13-20)19-23-17-22-8-3-5-10-25(22)30-23/h2-11,16-17,20,26,30H,12-15,18-19H2,1H3. The van der Waals surface area contributed by atoms with Gasteiger partial charge in [0.15, 0.2) is 0 Å². The SMILES string of the molecule is CN(C(=O)c1cccs1)C(Cc1ccccc1F)C1CCN(Cc2cc3ccccc3[nH]2)CC1. The summed E-state index contributed by atoms with van der Waals surface area (Å²) in [4.78, 5) is 21.8. The number of halogens is 1. The average molecular weight is 476 g/mol. The molecule has 5 rings (SSSR count). The fourth-order valence-corrected chi connectivity index (χ4v) is 5.89. The summed E-state index contributed by atoms with van der Waals surface area (Å²) in [6.07, 6.45) is 2.51. The number of carbonyl (C=O) groups is 1. The van der Waals surface area contributed by atoms with Crippen molar-refractivity contribution < 1.29 is 9.18 Å². The quantitative estimate of drug-likeness (QED) is 0.358. The number of rotatable bonds is 7. The molecule has 3 heterocycles. The van der Waals surface area contributed by atoms with Crippen LogP contribution in [0.15, 0.2) is 72.1 Å². The lowest BCUT2D eigenvalue weighted by Crippen LogP contribution is -2.47. The van der Waals surface area contributed by atoms with Crippen molar-refractivity contribution in [2.45, 2.75) is 31.8 Å². The highest BCUT2D eigenvalue weighted by molar-refractivity contribution is 7.12. The fraction of sp³-hybridized carbons (Fsp3) is 0.321. The lowest BCUT2D eigenvalue weighted by Gasteiger charge is -2.40. The van der Waals surface area contributed by atoms with Crippen LogP contribution in [0.1, 0.15) is 33.8 Å². The van der Waals surface area contributed by atoms with Gasteiger partial charge in [-0.05, 0) is 78.9 Å². The molecule has 1 atom stereocenters. The Kier molecular flexibility index (Phi) is 6.79. The maximum absolute atomic E-state index is 14.5. The molecule has 1 aliphatic heterocycles. The molecule has 1 unspecified atom stereocenters. The van der Waals surface area contributed by atoms with E-state index in [0.29, 0.717) is 17.9 Å². The summed E-state index contributed by atoms with van der Waals surface area (Å²) in [6, 6.07) is 21.3. The molecule has 6 heteroatoms. The predicted octanol–water partition coefficient (Wildman–Crippen LogP) is 5.96. The van der Waals surface area contributed by atoms with E-state index in [1.54, 1.807) is 6.07 Å². The summed E-state index contributed by atoms with van der Waals surface area (Å²) in [7, 11) is 1.88. The van der Waals surface area contributed by atoms with E-state index in [0.717, 1.165) is 37.4 Å². The molecule has 0 bridgehead atoms. The van der Waals surface area contributed by atoms with Gasteiger partial charge in [-0.15, -0.1) is 11.3 Å². The molecule has 2 aromatic carbocycles. The van der Waals surface area contributed by atoms with Crippen LogP contribution in [-0.4, -0.2) is 46.9 Å². The summed E-state index contributed by atoms with van der Waals surface area (Å²) in [5.41, 5.74) is 3.08. The van der Waals surface area contributed by atoms with E-state index in [9.17, 15) is 9.18 Å². The molecule has 0 aliphatic carbocycles. The predicted molar refractivity (Wildman–Crippen MR) is 137 cm³/mol. The third kappa shape index (κ3) is 4.93. The summed E-state index contributed by atoms with van der Waals surface area (Å²) >= 11 is 1.46.